The average molecular weight is 447 g/mol. The SMILES string of the molecule is CC.N#CCC1CC(n2c(C3CC(F)(F)C3)nc3cnc4ccc(Cl)cc4c32)CCO1. The third kappa shape index (κ3) is 4.11. The second-order valence-corrected chi connectivity index (χ2v) is 8.42. The van der Waals surface area contributed by atoms with Crippen LogP contribution in [0.1, 0.15) is 63.7 Å². The van der Waals surface area contributed by atoms with Gasteiger partial charge in [-0.15, -0.1) is 0 Å². The van der Waals surface area contributed by atoms with Crippen LogP contribution in [0.3, 0.4) is 0 Å². The van der Waals surface area contributed by atoms with Crippen molar-refractivity contribution >= 4 is 33.5 Å². The molecule has 8 heteroatoms. The maximum absolute atomic E-state index is 13.6. The van der Waals surface area contributed by atoms with Gasteiger partial charge in [0, 0.05) is 41.8 Å². The predicted molar refractivity (Wildman–Crippen MR) is 117 cm³/mol. The first-order valence-corrected chi connectivity index (χ1v) is 11.2. The number of nitriles is 1. The van der Waals surface area contributed by atoms with Crippen molar-refractivity contribution in [1.29, 1.82) is 5.26 Å². The van der Waals surface area contributed by atoms with E-state index in [4.69, 9.17) is 26.6 Å². The number of aromatic nitrogens is 3. The van der Waals surface area contributed by atoms with Crippen LogP contribution in [0.4, 0.5) is 8.78 Å². The van der Waals surface area contributed by atoms with Crippen molar-refractivity contribution in [3.05, 3.63) is 35.2 Å². The zero-order valence-corrected chi connectivity index (χ0v) is 18.4. The third-order valence-corrected chi connectivity index (χ3v) is 6.22. The summed E-state index contributed by atoms with van der Waals surface area (Å²) in [6.45, 7) is 4.53. The van der Waals surface area contributed by atoms with Crippen molar-refractivity contribution < 1.29 is 13.5 Å². The summed E-state index contributed by atoms with van der Waals surface area (Å²) in [5, 5.41) is 10.5. The molecule has 2 atom stereocenters. The van der Waals surface area contributed by atoms with Crippen molar-refractivity contribution in [1.82, 2.24) is 14.5 Å². The van der Waals surface area contributed by atoms with Gasteiger partial charge in [0.15, 0.2) is 0 Å². The number of hydrogen-bond donors (Lipinski definition) is 0. The maximum atomic E-state index is 13.6. The van der Waals surface area contributed by atoms with E-state index in [9.17, 15) is 8.78 Å². The Morgan fingerprint density at radius 1 is 1.29 bits per heavy atom. The van der Waals surface area contributed by atoms with Gasteiger partial charge in [-0.3, -0.25) is 4.98 Å². The fourth-order valence-corrected chi connectivity index (χ4v) is 4.78. The number of nitrogens with zero attached hydrogens (tertiary/aromatic N) is 4. The largest absolute Gasteiger partial charge is 0.377 e. The first-order chi connectivity index (χ1) is 14.9. The van der Waals surface area contributed by atoms with E-state index < -0.39 is 5.92 Å². The van der Waals surface area contributed by atoms with Gasteiger partial charge in [0.25, 0.3) is 0 Å². The highest BCUT2D eigenvalue weighted by Crippen LogP contribution is 2.50. The minimum Gasteiger partial charge on any atom is -0.377 e. The van der Waals surface area contributed by atoms with Gasteiger partial charge in [-0.1, -0.05) is 25.4 Å². The highest BCUT2D eigenvalue weighted by atomic mass is 35.5. The number of halogens is 3. The van der Waals surface area contributed by atoms with Gasteiger partial charge in [-0.2, -0.15) is 5.26 Å². The molecular formula is C23H25ClF2N4O. The van der Waals surface area contributed by atoms with E-state index >= 15 is 0 Å². The van der Waals surface area contributed by atoms with Crippen molar-refractivity contribution in [2.24, 2.45) is 0 Å². The van der Waals surface area contributed by atoms with E-state index in [-0.39, 0.29) is 30.9 Å². The Morgan fingerprint density at radius 2 is 2.06 bits per heavy atom. The molecule has 5 rings (SSSR count). The quantitative estimate of drug-likeness (QED) is 0.466. The van der Waals surface area contributed by atoms with Crippen LogP contribution in [0.5, 0.6) is 0 Å². The molecule has 164 valence electrons. The number of pyridine rings is 1. The van der Waals surface area contributed by atoms with Crippen LogP contribution in [0.25, 0.3) is 21.9 Å². The molecule has 1 aromatic carbocycles. The second-order valence-electron chi connectivity index (χ2n) is 7.99. The van der Waals surface area contributed by atoms with Gasteiger partial charge in [0.2, 0.25) is 5.92 Å². The molecule has 2 fully saturated rings. The van der Waals surface area contributed by atoms with Gasteiger partial charge < -0.3 is 9.30 Å². The number of benzene rings is 1. The Morgan fingerprint density at radius 3 is 2.77 bits per heavy atom. The van der Waals surface area contributed by atoms with Crippen LogP contribution in [0, 0.1) is 11.3 Å². The first kappa shape index (κ1) is 21.9. The molecule has 1 saturated heterocycles. The van der Waals surface area contributed by atoms with Crippen molar-refractivity contribution in [2.45, 2.75) is 69.9 Å². The molecule has 0 spiro atoms. The minimum atomic E-state index is -2.63. The Balaban J connectivity index is 0.00000112. The number of fused-ring (bicyclic) bond motifs is 3. The van der Waals surface area contributed by atoms with Crippen molar-refractivity contribution in [3.8, 4) is 6.07 Å². The number of hydrogen-bond acceptors (Lipinski definition) is 4. The van der Waals surface area contributed by atoms with Gasteiger partial charge >= 0.3 is 0 Å². The Bertz CT molecular complexity index is 1130. The molecular weight excluding hydrogens is 422 g/mol. The molecule has 1 saturated carbocycles. The van der Waals surface area contributed by atoms with Crippen LogP contribution < -0.4 is 0 Å². The van der Waals surface area contributed by atoms with Crippen LogP contribution >= 0.6 is 11.6 Å². The van der Waals surface area contributed by atoms with E-state index in [0.717, 1.165) is 22.8 Å². The number of ether oxygens (including phenoxy) is 1. The van der Waals surface area contributed by atoms with Crippen LogP contribution in [-0.4, -0.2) is 33.2 Å². The summed E-state index contributed by atoms with van der Waals surface area (Å²) in [5.74, 6) is -2.23. The fourth-order valence-electron chi connectivity index (χ4n) is 4.61. The highest BCUT2D eigenvalue weighted by molar-refractivity contribution is 6.31. The van der Waals surface area contributed by atoms with Crippen molar-refractivity contribution in [3.63, 3.8) is 0 Å². The van der Waals surface area contributed by atoms with E-state index in [0.29, 0.717) is 35.8 Å². The summed E-state index contributed by atoms with van der Waals surface area (Å²) in [5.41, 5.74) is 2.35. The van der Waals surface area contributed by atoms with Crippen molar-refractivity contribution in [2.75, 3.05) is 6.61 Å². The standard InChI is InChI=1S/C21H19ClF2N4O.C2H6/c22-13-1-2-17-16(7-13)19-18(11-26-17)27-20(12-9-21(23,24)10-12)28(19)14-4-6-29-15(8-14)3-5-25;1-2/h1-2,7,11-12,14-15H,3-4,6,8-10H2;1-2H3. The molecule has 3 heterocycles. The van der Waals surface area contributed by atoms with E-state index in [2.05, 4.69) is 15.6 Å². The fraction of sp³-hybridized carbons (Fsp3) is 0.522. The number of alkyl halides is 2. The highest BCUT2D eigenvalue weighted by Gasteiger charge is 2.48. The molecule has 0 bridgehead atoms. The monoisotopic (exact) mass is 446 g/mol. The molecule has 0 N–H and O–H groups in total. The summed E-state index contributed by atoms with van der Waals surface area (Å²) in [4.78, 5) is 9.22. The first-order valence-electron chi connectivity index (χ1n) is 10.8. The molecule has 3 aromatic rings. The summed E-state index contributed by atoms with van der Waals surface area (Å²) in [6, 6.07) is 7.70. The van der Waals surface area contributed by atoms with E-state index in [1.807, 2.05) is 26.0 Å². The van der Waals surface area contributed by atoms with E-state index in [1.54, 1.807) is 12.3 Å². The van der Waals surface area contributed by atoms with Crippen LogP contribution in [0.15, 0.2) is 24.4 Å². The van der Waals surface area contributed by atoms with Crippen LogP contribution in [0.2, 0.25) is 5.02 Å². The maximum Gasteiger partial charge on any atom is 0.249 e. The average Bonchev–Trinajstić information content (AvgIpc) is 3.13. The normalized spacial score (nSPS) is 23.1. The Hall–Kier alpha value is -2.30. The Labute approximate surface area is 185 Å². The van der Waals surface area contributed by atoms with Gasteiger partial charge in [-0.25, -0.2) is 13.8 Å². The van der Waals surface area contributed by atoms with E-state index in [1.165, 1.54) is 0 Å². The van der Waals surface area contributed by atoms with Crippen LogP contribution in [-0.2, 0) is 4.74 Å². The van der Waals surface area contributed by atoms with Gasteiger partial charge in [-0.05, 0) is 31.0 Å². The number of rotatable bonds is 3. The topological polar surface area (TPSA) is 63.7 Å². The molecule has 2 aromatic heterocycles. The lowest BCUT2D eigenvalue weighted by Gasteiger charge is -2.37. The third-order valence-electron chi connectivity index (χ3n) is 5.98. The van der Waals surface area contributed by atoms with Gasteiger partial charge in [0.05, 0.1) is 35.8 Å². The molecule has 1 aliphatic heterocycles. The Kier molecular flexibility index (Phi) is 6.14. The van der Waals surface area contributed by atoms with Gasteiger partial charge in [0.1, 0.15) is 11.3 Å². The zero-order valence-electron chi connectivity index (χ0n) is 17.6. The summed E-state index contributed by atoms with van der Waals surface area (Å²) < 4.78 is 35.1. The molecule has 0 amide bonds. The summed E-state index contributed by atoms with van der Waals surface area (Å²) >= 11 is 6.25. The summed E-state index contributed by atoms with van der Waals surface area (Å²) in [7, 11) is 0. The summed E-state index contributed by atoms with van der Waals surface area (Å²) in [6.07, 6.45) is 2.87. The molecule has 2 unspecified atom stereocenters. The smallest absolute Gasteiger partial charge is 0.249 e. The molecule has 31 heavy (non-hydrogen) atoms. The number of imidazole rings is 1. The predicted octanol–water partition coefficient (Wildman–Crippen LogP) is 6.41. The molecule has 1 aliphatic carbocycles. The molecule has 5 nitrogen and oxygen atoms in total. The molecule has 0 radical (unpaired) electrons. The lowest BCUT2D eigenvalue weighted by Crippen LogP contribution is -2.36. The lowest BCUT2D eigenvalue weighted by atomic mass is 9.80. The minimum absolute atomic E-state index is 0.0286. The zero-order chi connectivity index (χ0) is 22.2. The second kappa shape index (κ2) is 8.68. The lowest BCUT2D eigenvalue weighted by molar-refractivity contribution is -0.0898. The molecule has 2 aliphatic rings.